The van der Waals surface area contributed by atoms with Gasteiger partial charge in [-0.3, -0.25) is 9.78 Å². The highest BCUT2D eigenvalue weighted by atomic mass is 16.4. The Balaban J connectivity index is 1.84. The summed E-state index contributed by atoms with van der Waals surface area (Å²) in [5, 5.41) is 12.2. The molecule has 0 radical (unpaired) electrons. The van der Waals surface area contributed by atoms with E-state index in [2.05, 4.69) is 10.3 Å². The van der Waals surface area contributed by atoms with Crippen molar-refractivity contribution in [2.24, 2.45) is 5.41 Å². The van der Waals surface area contributed by atoms with E-state index >= 15 is 0 Å². The summed E-state index contributed by atoms with van der Waals surface area (Å²) in [6.07, 6.45) is 5.01. The average Bonchev–Trinajstić information content (AvgIpc) is 2.53. The van der Waals surface area contributed by atoms with Crippen molar-refractivity contribution in [2.75, 3.05) is 13.1 Å². The molecule has 0 saturated carbocycles. The number of rotatable bonds is 4. The fourth-order valence-electron chi connectivity index (χ4n) is 2.65. The van der Waals surface area contributed by atoms with Crippen molar-refractivity contribution in [1.29, 1.82) is 0 Å². The molecular weight excluding hydrogens is 270 g/mol. The van der Waals surface area contributed by atoms with E-state index < -0.39 is 11.4 Å². The van der Waals surface area contributed by atoms with E-state index in [0.717, 1.165) is 5.56 Å². The van der Waals surface area contributed by atoms with Crippen LogP contribution in [0.25, 0.3) is 0 Å². The molecule has 1 saturated heterocycles. The third-order valence-electron chi connectivity index (χ3n) is 4.33. The lowest BCUT2D eigenvalue weighted by Crippen LogP contribution is -2.49. The van der Waals surface area contributed by atoms with Crippen molar-refractivity contribution >= 4 is 12.0 Å². The molecule has 1 aliphatic heterocycles. The summed E-state index contributed by atoms with van der Waals surface area (Å²) in [6, 6.07) is 3.56. The molecule has 0 aromatic carbocycles. The van der Waals surface area contributed by atoms with Crippen LogP contribution >= 0.6 is 0 Å². The molecule has 6 nitrogen and oxygen atoms in total. The zero-order chi connectivity index (χ0) is 15.3. The number of nitrogens with zero attached hydrogens (tertiary/aromatic N) is 2. The number of piperidine rings is 1. The van der Waals surface area contributed by atoms with Crippen molar-refractivity contribution in [2.45, 2.75) is 32.7 Å². The van der Waals surface area contributed by atoms with E-state index in [1.807, 2.05) is 19.1 Å². The molecule has 0 bridgehead atoms. The fraction of sp³-hybridized carbons (Fsp3) is 0.533. The molecule has 2 rings (SSSR count). The van der Waals surface area contributed by atoms with Crippen molar-refractivity contribution in [3.05, 3.63) is 30.1 Å². The monoisotopic (exact) mass is 291 g/mol. The van der Waals surface area contributed by atoms with Crippen molar-refractivity contribution in [3.63, 3.8) is 0 Å². The first-order chi connectivity index (χ1) is 10.1. The highest BCUT2D eigenvalue weighted by Crippen LogP contribution is 2.35. The number of aromatic nitrogens is 1. The van der Waals surface area contributed by atoms with Crippen molar-refractivity contribution in [3.8, 4) is 0 Å². The predicted octanol–water partition coefficient (Wildman–Crippen LogP) is 1.87. The number of aliphatic carboxylic acids is 1. The molecule has 0 atom stereocenters. The summed E-state index contributed by atoms with van der Waals surface area (Å²) >= 11 is 0. The Morgan fingerprint density at radius 3 is 2.48 bits per heavy atom. The first-order valence-corrected chi connectivity index (χ1v) is 7.22. The molecule has 2 N–H and O–H groups in total. The van der Waals surface area contributed by atoms with Gasteiger partial charge in [-0.1, -0.05) is 6.92 Å². The van der Waals surface area contributed by atoms with E-state index in [1.54, 1.807) is 17.3 Å². The van der Waals surface area contributed by atoms with Gasteiger partial charge in [0, 0.05) is 32.0 Å². The second kappa shape index (κ2) is 6.56. The van der Waals surface area contributed by atoms with E-state index in [1.165, 1.54) is 0 Å². The van der Waals surface area contributed by atoms with Crippen LogP contribution in [0.4, 0.5) is 4.79 Å². The lowest BCUT2D eigenvalue weighted by atomic mass is 9.76. The highest BCUT2D eigenvalue weighted by molar-refractivity contribution is 5.77. The van der Waals surface area contributed by atoms with Gasteiger partial charge >= 0.3 is 12.0 Å². The van der Waals surface area contributed by atoms with Crippen LogP contribution in [0, 0.1) is 5.41 Å². The molecule has 2 heterocycles. The van der Waals surface area contributed by atoms with Crippen molar-refractivity contribution in [1.82, 2.24) is 15.2 Å². The van der Waals surface area contributed by atoms with Gasteiger partial charge in [0.05, 0.1) is 5.41 Å². The molecule has 2 amide bonds. The van der Waals surface area contributed by atoms with E-state index in [9.17, 15) is 14.7 Å². The van der Waals surface area contributed by atoms with Crippen LogP contribution in [-0.2, 0) is 11.3 Å². The summed E-state index contributed by atoms with van der Waals surface area (Å²) in [5.41, 5.74) is 0.325. The summed E-state index contributed by atoms with van der Waals surface area (Å²) in [7, 11) is 0. The predicted molar refractivity (Wildman–Crippen MR) is 77.6 cm³/mol. The molecule has 0 unspecified atom stereocenters. The molecule has 0 aliphatic carbocycles. The van der Waals surface area contributed by atoms with Crippen LogP contribution < -0.4 is 5.32 Å². The van der Waals surface area contributed by atoms with E-state index in [0.29, 0.717) is 38.9 Å². The number of pyridine rings is 1. The molecular formula is C15H21N3O3. The number of carboxylic acid groups (broad SMARTS) is 1. The normalized spacial score (nSPS) is 17.3. The Morgan fingerprint density at radius 1 is 1.33 bits per heavy atom. The molecule has 1 aliphatic rings. The molecule has 6 heteroatoms. The van der Waals surface area contributed by atoms with Gasteiger partial charge in [-0.05, 0) is 37.0 Å². The first-order valence-electron chi connectivity index (χ1n) is 7.22. The number of carbonyl (C=O) groups excluding carboxylic acids is 1. The van der Waals surface area contributed by atoms with E-state index in [4.69, 9.17) is 0 Å². The molecule has 114 valence electrons. The minimum Gasteiger partial charge on any atom is -0.481 e. The number of likely N-dealkylation sites (tertiary alicyclic amines) is 1. The maximum Gasteiger partial charge on any atom is 0.317 e. The molecule has 0 spiro atoms. The largest absolute Gasteiger partial charge is 0.481 e. The van der Waals surface area contributed by atoms with Gasteiger partial charge in [0.25, 0.3) is 0 Å². The SMILES string of the molecule is CCC1(C(=O)O)CCN(C(=O)NCc2ccncc2)CC1. The van der Waals surface area contributed by atoms with Gasteiger partial charge in [0.15, 0.2) is 0 Å². The van der Waals surface area contributed by atoms with Gasteiger partial charge in [-0.15, -0.1) is 0 Å². The Labute approximate surface area is 124 Å². The van der Waals surface area contributed by atoms with Gasteiger partial charge in [-0.25, -0.2) is 4.79 Å². The number of nitrogens with one attached hydrogen (secondary N) is 1. The average molecular weight is 291 g/mol. The van der Waals surface area contributed by atoms with E-state index in [-0.39, 0.29) is 6.03 Å². The zero-order valence-corrected chi connectivity index (χ0v) is 12.2. The van der Waals surface area contributed by atoms with Gasteiger partial charge in [0.1, 0.15) is 0 Å². The minimum absolute atomic E-state index is 0.137. The quantitative estimate of drug-likeness (QED) is 0.887. The maximum absolute atomic E-state index is 12.1. The lowest BCUT2D eigenvalue weighted by Gasteiger charge is -2.38. The fourth-order valence-corrected chi connectivity index (χ4v) is 2.65. The van der Waals surface area contributed by atoms with Gasteiger partial charge < -0.3 is 15.3 Å². The molecule has 21 heavy (non-hydrogen) atoms. The van der Waals surface area contributed by atoms with Gasteiger partial charge in [-0.2, -0.15) is 0 Å². The van der Waals surface area contributed by atoms with Crippen LogP contribution in [0.2, 0.25) is 0 Å². The third-order valence-corrected chi connectivity index (χ3v) is 4.33. The number of hydrogen-bond donors (Lipinski definition) is 2. The van der Waals surface area contributed by atoms with Crippen molar-refractivity contribution < 1.29 is 14.7 Å². The third kappa shape index (κ3) is 3.51. The van der Waals surface area contributed by atoms with Crippen LogP contribution in [0.5, 0.6) is 0 Å². The van der Waals surface area contributed by atoms with Crippen LogP contribution in [0.3, 0.4) is 0 Å². The number of urea groups is 1. The Hall–Kier alpha value is -2.11. The maximum atomic E-state index is 12.1. The van der Waals surface area contributed by atoms with Gasteiger partial charge in [0.2, 0.25) is 0 Å². The van der Waals surface area contributed by atoms with Crippen LogP contribution in [0.15, 0.2) is 24.5 Å². The number of hydrogen-bond acceptors (Lipinski definition) is 3. The number of carbonyl (C=O) groups is 2. The number of carboxylic acids is 1. The summed E-state index contributed by atoms with van der Waals surface area (Å²) < 4.78 is 0. The molecule has 1 aromatic rings. The van der Waals surface area contributed by atoms with Crippen LogP contribution in [-0.4, -0.2) is 40.1 Å². The zero-order valence-electron chi connectivity index (χ0n) is 12.2. The summed E-state index contributed by atoms with van der Waals surface area (Å²) in [6.45, 7) is 3.33. The Kier molecular flexibility index (Phi) is 4.77. The standard InChI is InChI=1S/C15H21N3O3/c1-2-15(13(19)20)5-9-18(10-6-15)14(21)17-11-12-3-7-16-8-4-12/h3-4,7-8H,2,5-6,9-11H2,1H3,(H,17,21)(H,19,20). The summed E-state index contributed by atoms with van der Waals surface area (Å²) in [5.74, 6) is -0.748. The topological polar surface area (TPSA) is 82.5 Å². The highest BCUT2D eigenvalue weighted by Gasteiger charge is 2.40. The Morgan fingerprint density at radius 2 is 1.95 bits per heavy atom. The smallest absolute Gasteiger partial charge is 0.317 e. The van der Waals surface area contributed by atoms with Crippen LogP contribution in [0.1, 0.15) is 31.7 Å². The second-order valence-corrected chi connectivity index (χ2v) is 5.44. The number of amides is 2. The molecule has 1 aromatic heterocycles. The lowest BCUT2D eigenvalue weighted by molar-refractivity contribution is -0.151. The summed E-state index contributed by atoms with van der Waals surface area (Å²) in [4.78, 5) is 29.1. The second-order valence-electron chi connectivity index (χ2n) is 5.44. The minimum atomic E-state index is -0.748. The first kappa shape index (κ1) is 15.3. The molecule has 1 fully saturated rings. The Bertz CT molecular complexity index is 496.